The molecule has 0 aliphatic heterocycles. The van der Waals surface area contributed by atoms with Crippen LogP contribution in [0.25, 0.3) is 22.3 Å². The summed E-state index contributed by atoms with van der Waals surface area (Å²) in [5.74, 6) is 1.11. The van der Waals surface area contributed by atoms with Gasteiger partial charge in [0.15, 0.2) is 0 Å². The summed E-state index contributed by atoms with van der Waals surface area (Å²) in [5, 5.41) is 3.44. The monoisotopic (exact) mass is 309 g/mol. The maximum absolute atomic E-state index is 12.4. The minimum absolute atomic E-state index is 0.0661. The van der Waals surface area contributed by atoms with Crippen LogP contribution in [0.15, 0.2) is 52.9 Å². The van der Waals surface area contributed by atoms with Gasteiger partial charge in [-0.05, 0) is 32.0 Å². The third kappa shape index (κ3) is 2.93. The van der Waals surface area contributed by atoms with E-state index in [1.807, 2.05) is 62.4 Å². The van der Waals surface area contributed by atoms with Crippen molar-refractivity contribution in [2.24, 2.45) is 0 Å². The van der Waals surface area contributed by atoms with E-state index in [9.17, 15) is 4.79 Å². The molecule has 1 aromatic heterocycles. The van der Waals surface area contributed by atoms with E-state index in [0.717, 1.165) is 16.7 Å². The van der Waals surface area contributed by atoms with E-state index in [4.69, 9.17) is 9.15 Å². The number of benzene rings is 2. The zero-order valence-electron chi connectivity index (χ0n) is 13.4. The van der Waals surface area contributed by atoms with E-state index in [-0.39, 0.29) is 12.0 Å². The maximum atomic E-state index is 12.4. The first-order valence-electron chi connectivity index (χ1n) is 7.61. The molecule has 0 fully saturated rings. The lowest BCUT2D eigenvalue weighted by Gasteiger charge is -2.09. The Labute approximate surface area is 135 Å². The molecule has 4 heteroatoms. The quantitative estimate of drug-likeness (QED) is 0.784. The Morgan fingerprint density at radius 3 is 2.52 bits per heavy atom. The number of hydrogen-bond donors (Lipinski definition) is 1. The van der Waals surface area contributed by atoms with Gasteiger partial charge in [-0.2, -0.15) is 0 Å². The number of nitrogens with one attached hydrogen (secondary N) is 1. The average molecular weight is 309 g/mol. The lowest BCUT2D eigenvalue weighted by molar-refractivity contribution is 0.0964. The van der Waals surface area contributed by atoms with Crippen LogP contribution in [0.2, 0.25) is 0 Å². The summed E-state index contributed by atoms with van der Waals surface area (Å²) in [6.07, 6.45) is 0.0661. The normalized spacial score (nSPS) is 11.0. The third-order valence-corrected chi connectivity index (χ3v) is 3.52. The molecule has 0 aliphatic rings. The number of carbonyl (C=O) groups is 1. The molecule has 0 saturated carbocycles. The van der Waals surface area contributed by atoms with E-state index >= 15 is 0 Å². The van der Waals surface area contributed by atoms with Gasteiger partial charge < -0.3 is 14.5 Å². The van der Waals surface area contributed by atoms with Gasteiger partial charge in [0.05, 0.1) is 11.7 Å². The molecule has 0 spiro atoms. The molecule has 3 aromatic rings. The molecular formula is C19H19NO3. The Morgan fingerprint density at radius 2 is 1.87 bits per heavy atom. The molecule has 118 valence electrons. The predicted molar refractivity (Wildman–Crippen MR) is 90.8 cm³/mol. The number of fused-ring (bicyclic) bond motifs is 1. The van der Waals surface area contributed by atoms with Crippen molar-refractivity contribution in [1.29, 1.82) is 0 Å². The van der Waals surface area contributed by atoms with Crippen molar-refractivity contribution >= 4 is 16.9 Å². The number of furan rings is 1. The van der Waals surface area contributed by atoms with Gasteiger partial charge in [0.1, 0.15) is 17.1 Å². The fourth-order valence-electron chi connectivity index (χ4n) is 2.57. The topological polar surface area (TPSA) is 51.5 Å². The molecule has 0 aliphatic carbocycles. The summed E-state index contributed by atoms with van der Waals surface area (Å²) in [7, 11) is 1.62. The lowest BCUT2D eigenvalue weighted by atomic mass is 10.0. The SMILES string of the molecule is CNC(=O)c1c(-c2ccccc2)oc2ccc(OC(C)C)cc12. The Hall–Kier alpha value is -2.75. The van der Waals surface area contributed by atoms with Crippen LogP contribution >= 0.6 is 0 Å². The molecule has 0 radical (unpaired) electrons. The summed E-state index contributed by atoms with van der Waals surface area (Å²) in [4.78, 5) is 12.4. The highest BCUT2D eigenvalue weighted by Gasteiger charge is 2.21. The van der Waals surface area contributed by atoms with Gasteiger partial charge in [-0.15, -0.1) is 0 Å². The smallest absolute Gasteiger partial charge is 0.255 e. The first-order valence-corrected chi connectivity index (χ1v) is 7.61. The Kier molecular flexibility index (Phi) is 4.06. The highest BCUT2D eigenvalue weighted by molar-refractivity contribution is 6.11. The van der Waals surface area contributed by atoms with Crippen LogP contribution in [0.5, 0.6) is 5.75 Å². The molecule has 3 rings (SSSR count). The summed E-state index contributed by atoms with van der Waals surface area (Å²) in [6.45, 7) is 3.93. The number of amides is 1. The standard InChI is InChI=1S/C19H19NO3/c1-12(2)22-14-9-10-16-15(11-14)17(19(21)20-3)18(23-16)13-7-5-4-6-8-13/h4-12H,1-3H3,(H,20,21). The Bertz CT molecular complexity index is 834. The predicted octanol–water partition coefficient (Wildman–Crippen LogP) is 4.25. The van der Waals surface area contributed by atoms with Crippen LogP contribution in [0, 0.1) is 0 Å². The van der Waals surface area contributed by atoms with Gasteiger partial charge in [0.2, 0.25) is 0 Å². The molecule has 23 heavy (non-hydrogen) atoms. The molecule has 0 bridgehead atoms. The first kappa shape index (κ1) is 15.2. The maximum Gasteiger partial charge on any atom is 0.255 e. The van der Waals surface area contributed by atoms with E-state index in [1.54, 1.807) is 7.05 Å². The third-order valence-electron chi connectivity index (χ3n) is 3.52. The molecule has 1 amide bonds. The first-order chi connectivity index (χ1) is 11.1. The van der Waals surface area contributed by atoms with Gasteiger partial charge in [0, 0.05) is 18.0 Å². The Morgan fingerprint density at radius 1 is 1.13 bits per heavy atom. The van der Waals surface area contributed by atoms with E-state index < -0.39 is 0 Å². The van der Waals surface area contributed by atoms with Gasteiger partial charge in [-0.25, -0.2) is 0 Å². The molecule has 1 N–H and O–H groups in total. The van der Waals surface area contributed by atoms with Gasteiger partial charge in [0.25, 0.3) is 5.91 Å². The van der Waals surface area contributed by atoms with Crippen LogP contribution in [-0.2, 0) is 0 Å². The van der Waals surface area contributed by atoms with E-state index in [1.165, 1.54) is 0 Å². The fourth-order valence-corrected chi connectivity index (χ4v) is 2.57. The summed E-state index contributed by atoms with van der Waals surface area (Å²) in [5.41, 5.74) is 2.06. The minimum atomic E-state index is -0.177. The van der Waals surface area contributed by atoms with Gasteiger partial charge in [-0.3, -0.25) is 4.79 Å². The highest BCUT2D eigenvalue weighted by Crippen LogP contribution is 2.35. The molecule has 1 heterocycles. The zero-order chi connectivity index (χ0) is 16.4. The van der Waals surface area contributed by atoms with Crippen LogP contribution in [0.3, 0.4) is 0 Å². The highest BCUT2D eigenvalue weighted by atomic mass is 16.5. The second kappa shape index (κ2) is 6.16. The number of rotatable bonds is 4. The summed E-state index contributed by atoms with van der Waals surface area (Å²) in [6, 6.07) is 15.2. The number of hydrogen-bond acceptors (Lipinski definition) is 3. The molecule has 2 aromatic carbocycles. The van der Waals surface area contributed by atoms with Crippen LogP contribution in [0.1, 0.15) is 24.2 Å². The largest absolute Gasteiger partial charge is 0.491 e. The zero-order valence-corrected chi connectivity index (χ0v) is 13.4. The molecule has 0 saturated heterocycles. The Balaban J connectivity index is 2.22. The molecule has 4 nitrogen and oxygen atoms in total. The summed E-state index contributed by atoms with van der Waals surface area (Å²) >= 11 is 0. The van der Waals surface area contributed by atoms with Crippen LogP contribution < -0.4 is 10.1 Å². The number of carbonyl (C=O) groups excluding carboxylic acids is 1. The van der Waals surface area contributed by atoms with Crippen molar-refractivity contribution in [2.75, 3.05) is 7.05 Å². The van der Waals surface area contributed by atoms with Crippen molar-refractivity contribution in [3.05, 3.63) is 54.1 Å². The lowest BCUT2D eigenvalue weighted by Crippen LogP contribution is -2.18. The molecule has 0 atom stereocenters. The van der Waals surface area contributed by atoms with Crippen molar-refractivity contribution in [3.63, 3.8) is 0 Å². The summed E-state index contributed by atoms with van der Waals surface area (Å²) < 4.78 is 11.7. The van der Waals surface area contributed by atoms with E-state index in [0.29, 0.717) is 16.9 Å². The molecular weight excluding hydrogens is 290 g/mol. The van der Waals surface area contributed by atoms with Crippen LogP contribution in [-0.4, -0.2) is 19.1 Å². The second-order valence-electron chi connectivity index (χ2n) is 5.58. The van der Waals surface area contributed by atoms with Crippen LogP contribution in [0.4, 0.5) is 0 Å². The van der Waals surface area contributed by atoms with Crippen molar-refractivity contribution in [3.8, 4) is 17.1 Å². The number of ether oxygens (including phenoxy) is 1. The minimum Gasteiger partial charge on any atom is -0.491 e. The van der Waals surface area contributed by atoms with Gasteiger partial charge >= 0.3 is 0 Å². The molecule has 0 unspecified atom stereocenters. The van der Waals surface area contributed by atoms with E-state index in [2.05, 4.69) is 5.32 Å². The second-order valence-corrected chi connectivity index (χ2v) is 5.58. The van der Waals surface area contributed by atoms with Crippen molar-refractivity contribution in [2.45, 2.75) is 20.0 Å². The van der Waals surface area contributed by atoms with Crippen molar-refractivity contribution < 1.29 is 13.9 Å². The fraction of sp³-hybridized carbons (Fsp3) is 0.211. The average Bonchev–Trinajstić information content (AvgIpc) is 2.93. The van der Waals surface area contributed by atoms with Gasteiger partial charge in [-0.1, -0.05) is 30.3 Å². The van der Waals surface area contributed by atoms with Crippen molar-refractivity contribution in [1.82, 2.24) is 5.32 Å².